The molecule has 0 aliphatic heterocycles. The summed E-state index contributed by atoms with van der Waals surface area (Å²) in [4.78, 5) is 11.8. The third-order valence-corrected chi connectivity index (χ3v) is 2.25. The van der Waals surface area contributed by atoms with Crippen molar-refractivity contribution in [3.05, 3.63) is 42.0 Å². The van der Waals surface area contributed by atoms with Crippen molar-refractivity contribution < 1.29 is 9.53 Å². The Kier molecular flexibility index (Phi) is 6.58. The van der Waals surface area contributed by atoms with Crippen LogP contribution in [0.5, 0.6) is 5.75 Å². The van der Waals surface area contributed by atoms with Crippen molar-refractivity contribution in [2.24, 2.45) is 5.73 Å². The van der Waals surface area contributed by atoms with Crippen LogP contribution in [0.15, 0.2) is 36.4 Å². The fourth-order valence-electron chi connectivity index (χ4n) is 1.38. The highest BCUT2D eigenvalue weighted by Gasteiger charge is 2.05. The Labute approximate surface area is 108 Å². The van der Waals surface area contributed by atoms with Crippen molar-refractivity contribution in [1.29, 1.82) is 0 Å². The zero-order valence-electron chi connectivity index (χ0n) is 10.7. The quantitative estimate of drug-likeness (QED) is 0.722. The lowest BCUT2D eigenvalue weighted by molar-refractivity contribution is 0.0957. The average molecular weight is 248 g/mol. The van der Waals surface area contributed by atoms with Crippen LogP contribution >= 0.6 is 0 Å². The molecule has 4 nitrogen and oxygen atoms in total. The molecule has 1 aromatic carbocycles. The molecule has 0 spiro atoms. The van der Waals surface area contributed by atoms with E-state index in [1.54, 1.807) is 18.2 Å². The Morgan fingerprint density at radius 2 is 2.28 bits per heavy atom. The van der Waals surface area contributed by atoms with Crippen LogP contribution < -0.4 is 15.8 Å². The van der Waals surface area contributed by atoms with Gasteiger partial charge in [-0.15, -0.1) is 0 Å². The van der Waals surface area contributed by atoms with Gasteiger partial charge in [0.1, 0.15) is 5.75 Å². The van der Waals surface area contributed by atoms with Crippen LogP contribution in [0.25, 0.3) is 0 Å². The van der Waals surface area contributed by atoms with Gasteiger partial charge in [-0.05, 0) is 24.6 Å². The van der Waals surface area contributed by atoms with Gasteiger partial charge in [-0.1, -0.05) is 25.1 Å². The maximum atomic E-state index is 11.8. The number of hydrogen-bond donors (Lipinski definition) is 2. The normalized spacial score (nSPS) is 10.6. The van der Waals surface area contributed by atoms with Gasteiger partial charge in [-0.25, -0.2) is 0 Å². The van der Waals surface area contributed by atoms with Crippen LogP contribution in [0.1, 0.15) is 23.7 Å². The first-order chi connectivity index (χ1) is 8.77. The standard InChI is InChI=1S/C14H20N2O2/c1-2-10-18-13-7-5-6-12(11-13)14(17)16-9-4-3-8-15/h3-7,11H,2,8-10,15H2,1H3,(H,16,17)/b4-3+. The van der Waals surface area contributed by atoms with E-state index in [1.165, 1.54) is 0 Å². The number of benzene rings is 1. The van der Waals surface area contributed by atoms with E-state index in [0.717, 1.165) is 12.2 Å². The van der Waals surface area contributed by atoms with Crippen LogP contribution in [-0.4, -0.2) is 25.6 Å². The van der Waals surface area contributed by atoms with Crippen LogP contribution in [0, 0.1) is 0 Å². The molecule has 98 valence electrons. The average Bonchev–Trinajstić information content (AvgIpc) is 2.41. The first-order valence-electron chi connectivity index (χ1n) is 6.14. The predicted octanol–water partition coefficient (Wildman–Crippen LogP) is 1.72. The number of nitrogens with one attached hydrogen (secondary N) is 1. The number of carbonyl (C=O) groups excluding carboxylic acids is 1. The van der Waals surface area contributed by atoms with Gasteiger partial charge in [0.15, 0.2) is 0 Å². The van der Waals surface area contributed by atoms with E-state index in [1.807, 2.05) is 25.1 Å². The van der Waals surface area contributed by atoms with Crippen molar-refractivity contribution in [3.63, 3.8) is 0 Å². The van der Waals surface area contributed by atoms with Gasteiger partial charge in [0, 0.05) is 18.7 Å². The van der Waals surface area contributed by atoms with E-state index >= 15 is 0 Å². The molecule has 0 saturated carbocycles. The van der Waals surface area contributed by atoms with E-state index in [0.29, 0.717) is 25.3 Å². The number of nitrogens with two attached hydrogens (primary N) is 1. The minimum absolute atomic E-state index is 0.112. The SMILES string of the molecule is CCCOc1cccc(C(=O)NC/C=C/CN)c1. The third kappa shape index (κ3) is 5.01. The maximum absolute atomic E-state index is 11.8. The van der Waals surface area contributed by atoms with E-state index < -0.39 is 0 Å². The summed E-state index contributed by atoms with van der Waals surface area (Å²) in [6, 6.07) is 7.18. The summed E-state index contributed by atoms with van der Waals surface area (Å²) < 4.78 is 5.48. The zero-order chi connectivity index (χ0) is 13.2. The molecule has 0 heterocycles. The first kappa shape index (κ1) is 14.3. The topological polar surface area (TPSA) is 64.3 Å². The molecule has 18 heavy (non-hydrogen) atoms. The van der Waals surface area contributed by atoms with Crippen molar-refractivity contribution in [2.75, 3.05) is 19.7 Å². The highest BCUT2D eigenvalue weighted by Crippen LogP contribution is 2.13. The van der Waals surface area contributed by atoms with Crippen molar-refractivity contribution >= 4 is 5.91 Å². The van der Waals surface area contributed by atoms with Gasteiger partial charge >= 0.3 is 0 Å². The summed E-state index contributed by atoms with van der Waals surface area (Å²) in [5.41, 5.74) is 5.91. The summed E-state index contributed by atoms with van der Waals surface area (Å²) >= 11 is 0. The third-order valence-electron chi connectivity index (χ3n) is 2.25. The van der Waals surface area contributed by atoms with Gasteiger partial charge in [-0.3, -0.25) is 4.79 Å². The molecular weight excluding hydrogens is 228 g/mol. The van der Waals surface area contributed by atoms with Crippen molar-refractivity contribution in [1.82, 2.24) is 5.32 Å². The lowest BCUT2D eigenvalue weighted by Gasteiger charge is -2.07. The maximum Gasteiger partial charge on any atom is 0.251 e. The smallest absolute Gasteiger partial charge is 0.251 e. The number of rotatable bonds is 7. The molecule has 0 bridgehead atoms. The Hall–Kier alpha value is -1.81. The molecule has 0 saturated heterocycles. The molecule has 0 aliphatic rings. The zero-order valence-corrected chi connectivity index (χ0v) is 10.7. The van der Waals surface area contributed by atoms with Crippen LogP contribution in [-0.2, 0) is 0 Å². The Balaban J connectivity index is 2.54. The summed E-state index contributed by atoms with van der Waals surface area (Å²) in [5, 5.41) is 2.78. The molecule has 0 radical (unpaired) electrons. The lowest BCUT2D eigenvalue weighted by atomic mass is 10.2. The summed E-state index contributed by atoms with van der Waals surface area (Å²) in [6.07, 6.45) is 4.58. The molecule has 4 heteroatoms. The molecular formula is C14H20N2O2. The fraction of sp³-hybridized carbons (Fsp3) is 0.357. The van der Waals surface area contributed by atoms with Gasteiger partial charge < -0.3 is 15.8 Å². The number of hydrogen-bond acceptors (Lipinski definition) is 3. The number of amides is 1. The van der Waals surface area contributed by atoms with Gasteiger partial charge in [0.2, 0.25) is 0 Å². The fourth-order valence-corrected chi connectivity index (χ4v) is 1.38. The second-order valence-electron chi connectivity index (χ2n) is 3.79. The van der Waals surface area contributed by atoms with Crippen LogP contribution in [0.3, 0.4) is 0 Å². The Bertz CT molecular complexity index is 403. The Morgan fingerprint density at radius 1 is 1.44 bits per heavy atom. The molecule has 0 aliphatic carbocycles. The Morgan fingerprint density at radius 3 is 3.00 bits per heavy atom. The molecule has 0 aromatic heterocycles. The van der Waals surface area contributed by atoms with Crippen LogP contribution in [0.2, 0.25) is 0 Å². The largest absolute Gasteiger partial charge is 0.494 e. The minimum Gasteiger partial charge on any atom is -0.494 e. The molecule has 1 amide bonds. The van der Waals surface area contributed by atoms with Crippen LogP contribution in [0.4, 0.5) is 0 Å². The first-order valence-corrected chi connectivity index (χ1v) is 6.14. The number of ether oxygens (including phenoxy) is 1. The molecule has 1 rings (SSSR count). The van der Waals surface area contributed by atoms with Gasteiger partial charge in [0.05, 0.1) is 6.61 Å². The summed E-state index contributed by atoms with van der Waals surface area (Å²) in [7, 11) is 0. The highest BCUT2D eigenvalue weighted by atomic mass is 16.5. The molecule has 3 N–H and O–H groups in total. The minimum atomic E-state index is -0.112. The summed E-state index contributed by atoms with van der Waals surface area (Å²) in [5.74, 6) is 0.612. The lowest BCUT2D eigenvalue weighted by Crippen LogP contribution is -2.23. The van der Waals surface area contributed by atoms with Crippen molar-refractivity contribution in [3.8, 4) is 5.75 Å². The molecule has 0 fully saturated rings. The monoisotopic (exact) mass is 248 g/mol. The van der Waals surface area contributed by atoms with Gasteiger partial charge in [-0.2, -0.15) is 0 Å². The molecule has 0 atom stereocenters. The van der Waals surface area contributed by atoms with E-state index in [4.69, 9.17) is 10.5 Å². The van der Waals surface area contributed by atoms with Gasteiger partial charge in [0.25, 0.3) is 5.91 Å². The predicted molar refractivity (Wildman–Crippen MR) is 72.8 cm³/mol. The highest BCUT2D eigenvalue weighted by molar-refractivity contribution is 5.94. The second-order valence-corrected chi connectivity index (χ2v) is 3.79. The van der Waals surface area contributed by atoms with E-state index in [2.05, 4.69) is 5.32 Å². The van der Waals surface area contributed by atoms with Crippen molar-refractivity contribution in [2.45, 2.75) is 13.3 Å². The second kappa shape index (κ2) is 8.31. The molecule has 1 aromatic rings. The van der Waals surface area contributed by atoms with E-state index in [9.17, 15) is 4.79 Å². The number of carbonyl (C=O) groups is 1. The summed E-state index contributed by atoms with van der Waals surface area (Å²) in [6.45, 7) is 3.66. The molecule has 0 unspecified atom stereocenters. The van der Waals surface area contributed by atoms with E-state index in [-0.39, 0.29) is 5.91 Å².